The number of nitrogens with zero attached hydrogens (tertiary/aromatic N) is 4. The van der Waals surface area contributed by atoms with Crippen LogP contribution in [0.25, 0.3) is 16.9 Å². The SMILES string of the molecule is Cc1cc(C)n(-c2ccc(NC(=O)c3cc(-c4ccn(C)c4)n[nH]3)cc2)n1. The Kier molecular flexibility index (Phi) is 4.12. The Morgan fingerprint density at radius 2 is 1.89 bits per heavy atom. The van der Waals surface area contributed by atoms with E-state index in [9.17, 15) is 4.79 Å². The Bertz CT molecular complexity index is 1100. The Morgan fingerprint density at radius 3 is 2.52 bits per heavy atom. The third kappa shape index (κ3) is 3.39. The van der Waals surface area contributed by atoms with Crippen LogP contribution >= 0.6 is 0 Å². The Labute approximate surface area is 156 Å². The van der Waals surface area contributed by atoms with Crippen molar-refractivity contribution in [3.8, 4) is 16.9 Å². The summed E-state index contributed by atoms with van der Waals surface area (Å²) in [6, 6.07) is 13.3. The maximum atomic E-state index is 12.5. The molecule has 0 saturated heterocycles. The van der Waals surface area contributed by atoms with Crippen molar-refractivity contribution < 1.29 is 4.79 Å². The number of nitrogens with one attached hydrogen (secondary N) is 2. The Hall–Kier alpha value is -3.61. The van der Waals surface area contributed by atoms with E-state index in [1.54, 1.807) is 6.07 Å². The summed E-state index contributed by atoms with van der Waals surface area (Å²) in [6.45, 7) is 3.98. The van der Waals surface area contributed by atoms with Crippen LogP contribution in [0.4, 0.5) is 5.69 Å². The highest BCUT2D eigenvalue weighted by Gasteiger charge is 2.12. The normalized spacial score (nSPS) is 10.9. The predicted molar refractivity (Wildman–Crippen MR) is 104 cm³/mol. The molecule has 0 aliphatic rings. The lowest BCUT2D eigenvalue weighted by molar-refractivity contribution is 0.102. The molecule has 0 spiro atoms. The second kappa shape index (κ2) is 6.60. The number of H-pyrrole nitrogens is 1. The Morgan fingerprint density at radius 1 is 1.11 bits per heavy atom. The van der Waals surface area contributed by atoms with Gasteiger partial charge in [0.25, 0.3) is 5.91 Å². The molecule has 0 bridgehead atoms. The van der Waals surface area contributed by atoms with Crippen molar-refractivity contribution in [2.45, 2.75) is 13.8 Å². The number of anilines is 1. The molecule has 4 aromatic rings. The van der Waals surface area contributed by atoms with E-state index in [1.807, 2.05) is 78.9 Å². The average molecular weight is 360 g/mol. The highest BCUT2D eigenvalue weighted by Crippen LogP contribution is 2.19. The number of hydrogen-bond donors (Lipinski definition) is 2. The van der Waals surface area contributed by atoms with Crippen LogP contribution in [-0.4, -0.2) is 30.5 Å². The van der Waals surface area contributed by atoms with Gasteiger partial charge in [-0.25, -0.2) is 4.68 Å². The zero-order valence-electron chi connectivity index (χ0n) is 15.4. The second-order valence-electron chi connectivity index (χ2n) is 6.57. The van der Waals surface area contributed by atoms with Crippen LogP contribution in [0.5, 0.6) is 0 Å². The molecule has 0 unspecified atom stereocenters. The number of aromatic nitrogens is 5. The topological polar surface area (TPSA) is 80.5 Å². The zero-order valence-corrected chi connectivity index (χ0v) is 15.4. The maximum absolute atomic E-state index is 12.5. The number of aromatic amines is 1. The van der Waals surface area contributed by atoms with E-state index in [1.165, 1.54) is 0 Å². The molecular weight excluding hydrogens is 340 g/mol. The zero-order chi connectivity index (χ0) is 19.0. The largest absolute Gasteiger partial charge is 0.357 e. The molecule has 1 aromatic carbocycles. The van der Waals surface area contributed by atoms with Gasteiger partial charge < -0.3 is 9.88 Å². The summed E-state index contributed by atoms with van der Waals surface area (Å²) in [5.74, 6) is -0.233. The van der Waals surface area contributed by atoms with E-state index in [4.69, 9.17) is 0 Å². The molecule has 0 atom stereocenters. The summed E-state index contributed by atoms with van der Waals surface area (Å²) in [4.78, 5) is 12.5. The van der Waals surface area contributed by atoms with Gasteiger partial charge in [0.15, 0.2) is 0 Å². The summed E-state index contributed by atoms with van der Waals surface area (Å²) in [5.41, 5.74) is 5.81. The minimum absolute atomic E-state index is 0.233. The summed E-state index contributed by atoms with van der Waals surface area (Å²) in [6.07, 6.45) is 3.89. The molecular formula is C20H20N6O. The van der Waals surface area contributed by atoms with Crippen LogP contribution in [0.2, 0.25) is 0 Å². The molecule has 3 aromatic heterocycles. The van der Waals surface area contributed by atoms with Crippen molar-refractivity contribution in [2.24, 2.45) is 7.05 Å². The van der Waals surface area contributed by atoms with Crippen LogP contribution in [0.1, 0.15) is 21.9 Å². The first-order valence-corrected chi connectivity index (χ1v) is 8.62. The summed E-state index contributed by atoms with van der Waals surface area (Å²) in [5, 5.41) is 14.4. The molecule has 2 N–H and O–H groups in total. The molecule has 7 nitrogen and oxygen atoms in total. The van der Waals surface area contributed by atoms with Crippen molar-refractivity contribution in [3.05, 3.63) is 71.9 Å². The smallest absolute Gasteiger partial charge is 0.273 e. The fourth-order valence-electron chi connectivity index (χ4n) is 3.02. The van der Waals surface area contributed by atoms with Gasteiger partial charge in [-0.15, -0.1) is 0 Å². The first-order chi connectivity index (χ1) is 13.0. The van der Waals surface area contributed by atoms with E-state index in [-0.39, 0.29) is 5.91 Å². The monoisotopic (exact) mass is 360 g/mol. The first kappa shape index (κ1) is 16.8. The van der Waals surface area contributed by atoms with E-state index in [2.05, 4.69) is 20.6 Å². The standard InChI is InChI=1S/C20H20N6O/c1-13-10-14(2)26(24-13)17-6-4-16(5-7-17)21-20(27)19-11-18(22-23-19)15-8-9-25(3)12-15/h4-12H,1-3H3,(H,21,27)(H,22,23). The van der Waals surface area contributed by atoms with E-state index < -0.39 is 0 Å². The van der Waals surface area contributed by atoms with Crippen molar-refractivity contribution in [3.63, 3.8) is 0 Å². The van der Waals surface area contributed by atoms with Gasteiger partial charge in [0.05, 0.1) is 17.1 Å². The number of rotatable bonds is 4. The predicted octanol–water partition coefficient (Wildman–Crippen LogP) is 3.47. The van der Waals surface area contributed by atoms with Crippen LogP contribution in [-0.2, 0) is 7.05 Å². The number of benzene rings is 1. The fraction of sp³-hybridized carbons (Fsp3) is 0.150. The van der Waals surface area contributed by atoms with Crippen molar-refractivity contribution in [1.29, 1.82) is 0 Å². The first-order valence-electron chi connectivity index (χ1n) is 8.62. The highest BCUT2D eigenvalue weighted by atomic mass is 16.1. The van der Waals surface area contributed by atoms with E-state index in [0.29, 0.717) is 11.4 Å². The van der Waals surface area contributed by atoms with E-state index >= 15 is 0 Å². The number of aryl methyl sites for hydroxylation is 3. The van der Waals surface area contributed by atoms with E-state index in [0.717, 1.165) is 28.3 Å². The molecule has 1 amide bonds. The molecule has 0 fully saturated rings. The van der Waals surface area contributed by atoms with Crippen LogP contribution in [0.3, 0.4) is 0 Å². The van der Waals surface area contributed by atoms with Gasteiger partial charge in [-0.1, -0.05) is 0 Å². The molecule has 0 saturated carbocycles. The third-order valence-electron chi connectivity index (χ3n) is 4.33. The maximum Gasteiger partial charge on any atom is 0.273 e. The molecule has 4 rings (SSSR count). The van der Waals surface area contributed by atoms with Crippen LogP contribution in [0.15, 0.2) is 54.9 Å². The molecule has 27 heavy (non-hydrogen) atoms. The summed E-state index contributed by atoms with van der Waals surface area (Å²) < 4.78 is 3.82. The van der Waals surface area contributed by atoms with Gasteiger partial charge in [0.2, 0.25) is 0 Å². The van der Waals surface area contributed by atoms with Gasteiger partial charge in [-0.3, -0.25) is 9.89 Å². The van der Waals surface area contributed by atoms with Gasteiger partial charge in [-0.05, 0) is 56.3 Å². The van der Waals surface area contributed by atoms with Gasteiger partial charge >= 0.3 is 0 Å². The summed E-state index contributed by atoms with van der Waals surface area (Å²) in [7, 11) is 1.94. The van der Waals surface area contributed by atoms with Crippen LogP contribution in [0, 0.1) is 13.8 Å². The molecule has 7 heteroatoms. The minimum atomic E-state index is -0.233. The highest BCUT2D eigenvalue weighted by molar-refractivity contribution is 6.03. The molecule has 0 aliphatic heterocycles. The summed E-state index contributed by atoms with van der Waals surface area (Å²) >= 11 is 0. The number of amides is 1. The lowest BCUT2D eigenvalue weighted by Gasteiger charge is -2.07. The molecule has 3 heterocycles. The van der Waals surface area contributed by atoms with Crippen molar-refractivity contribution in [2.75, 3.05) is 5.32 Å². The lowest BCUT2D eigenvalue weighted by atomic mass is 10.2. The number of carbonyl (C=O) groups is 1. The number of carbonyl (C=O) groups excluding carboxylic acids is 1. The second-order valence-corrected chi connectivity index (χ2v) is 6.57. The quantitative estimate of drug-likeness (QED) is 0.585. The van der Waals surface area contributed by atoms with Crippen LogP contribution < -0.4 is 5.32 Å². The third-order valence-corrected chi connectivity index (χ3v) is 4.33. The molecule has 0 radical (unpaired) electrons. The molecule has 136 valence electrons. The van der Waals surface area contributed by atoms with Gasteiger partial charge in [-0.2, -0.15) is 10.2 Å². The van der Waals surface area contributed by atoms with Crippen molar-refractivity contribution >= 4 is 11.6 Å². The molecule has 0 aliphatic carbocycles. The number of hydrogen-bond acceptors (Lipinski definition) is 3. The Balaban J connectivity index is 1.48. The van der Waals surface area contributed by atoms with Gasteiger partial charge in [0, 0.05) is 36.4 Å². The van der Waals surface area contributed by atoms with Gasteiger partial charge in [0.1, 0.15) is 5.69 Å². The minimum Gasteiger partial charge on any atom is -0.357 e. The average Bonchev–Trinajstić information content (AvgIpc) is 3.35. The van der Waals surface area contributed by atoms with Crippen molar-refractivity contribution in [1.82, 2.24) is 24.5 Å². The lowest BCUT2D eigenvalue weighted by Crippen LogP contribution is -2.12. The fourth-order valence-corrected chi connectivity index (χ4v) is 3.02.